The van der Waals surface area contributed by atoms with E-state index in [9.17, 15) is 9.59 Å². The molecule has 2 amide bonds. The number of rotatable bonds is 2. The van der Waals surface area contributed by atoms with E-state index in [2.05, 4.69) is 5.32 Å². The van der Waals surface area contributed by atoms with E-state index in [1.165, 1.54) is 6.92 Å². The SMILES string of the molecule is CCOC(=O)N1CCC(NC(C)=O)C1. The van der Waals surface area contributed by atoms with Crippen LogP contribution in [0.15, 0.2) is 0 Å². The Bertz CT molecular complexity index is 230. The molecule has 0 saturated carbocycles. The Morgan fingerprint density at radius 1 is 1.57 bits per heavy atom. The third kappa shape index (κ3) is 2.90. The molecule has 1 unspecified atom stereocenters. The average molecular weight is 200 g/mol. The molecule has 0 bridgehead atoms. The van der Waals surface area contributed by atoms with Crippen LogP contribution in [0.25, 0.3) is 0 Å². The minimum atomic E-state index is -0.291. The fourth-order valence-electron chi connectivity index (χ4n) is 1.55. The molecule has 0 radical (unpaired) electrons. The van der Waals surface area contributed by atoms with Crippen LogP contribution in [-0.2, 0) is 9.53 Å². The van der Waals surface area contributed by atoms with E-state index in [1.54, 1.807) is 11.8 Å². The molecule has 0 aromatic heterocycles. The standard InChI is InChI=1S/C9H16N2O3/c1-3-14-9(13)11-5-4-8(6-11)10-7(2)12/h8H,3-6H2,1-2H3,(H,10,12). The monoisotopic (exact) mass is 200 g/mol. The summed E-state index contributed by atoms with van der Waals surface area (Å²) in [5.41, 5.74) is 0. The van der Waals surface area contributed by atoms with Crippen molar-refractivity contribution in [2.75, 3.05) is 19.7 Å². The van der Waals surface area contributed by atoms with Crippen molar-refractivity contribution in [2.45, 2.75) is 26.3 Å². The summed E-state index contributed by atoms with van der Waals surface area (Å²) in [6.45, 7) is 4.86. The van der Waals surface area contributed by atoms with E-state index in [0.29, 0.717) is 19.7 Å². The number of hydrogen-bond donors (Lipinski definition) is 1. The minimum Gasteiger partial charge on any atom is -0.450 e. The van der Waals surface area contributed by atoms with Gasteiger partial charge in [0.25, 0.3) is 0 Å². The Morgan fingerprint density at radius 2 is 2.29 bits per heavy atom. The molecule has 14 heavy (non-hydrogen) atoms. The fourth-order valence-corrected chi connectivity index (χ4v) is 1.55. The lowest BCUT2D eigenvalue weighted by Gasteiger charge is -2.15. The van der Waals surface area contributed by atoms with Gasteiger partial charge in [0.1, 0.15) is 0 Å². The number of carbonyl (C=O) groups excluding carboxylic acids is 2. The van der Waals surface area contributed by atoms with Crippen LogP contribution in [0.1, 0.15) is 20.3 Å². The lowest BCUT2D eigenvalue weighted by Crippen LogP contribution is -2.37. The third-order valence-corrected chi connectivity index (χ3v) is 2.12. The van der Waals surface area contributed by atoms with Crippen LogP contribution >= 0.6 is 0 Å². The summed E-state index contributed by atoms with van der Waals surface area (Å²) in [7, 11) is 0. The number of nitrogens with one attached hydrogen (secondary N) is 1. The summed E-state index contributed by atoms with van der Waals surface area (Å²) in [5, 5.41) is 2.78. The maximum absolute atomic E-state index is 11.3. The second-order valence-corrected chi connectivity index (χ2v) is 3.33. The summed E-state index contributed by atoms with van der Waals surface area (Å²) in [5.74, 6) is -0.0549. The van der Waals surface area contributed by atoms with Gasteiger partial charge in [0.05, 0.1) is 6.61 Å². The Balaban J connectivity index is 2.33. The molecule has 1 heterocycles. The van der Waals surface area contributed by atoms with E-state index < -0.39 is 0 Å². The highest BCUT2D eigenvalue weighted by molar-refractivity contribution is 5.73. The van der Waals surface area contributed by atoms with Gasteiger partial charge in [0, 0.05) is 26.1 Å². The number of amides is 2. The molecule has 5 nitrogen and oxygen atoms in total. The summed E-state index contributed by atoms with van der Waals surface area (Å²) in [6.07, 6.45) is 0.513. The molecule has 1 saturated heterocycles. The first-order chi connectivity index (χ1) is 6.63. The van der Waals surface area contributed by atoms with E-state index >= 15 is 0 Å². The lowest BCUT2D eigenvalue weighted by molar-refractivity contribution is -0.119. The number of carbonyl (C=O) groups is 2. The predicted octanol–water partition coefficient (Wildman–Crippen LogP) is 0.353. The van der Waals surface area contributed by atoms with Crippen LogP contribution in [0, 0.1) is 0 Å². The summed E-state index contributed by atoms with van der Waals surface area (Å²) >= 11 is 0. The molecule has 1 fully saturated rings. The van der Waals surface area contributed by atoms with Gasteiger partial charge in [0.15, 0.2) is 0 Å². The largest absolute Gasteiger partial charge is 0.450 e. The molecule has 5 heteroatoms. The third-order valence-electron chi connectivity index (χ3n) is 2.12. The van der Waals surface area contributed by atoms with Crippen molar-refractivity contribution in [1.82, 2.24) is 10.2 Å². The molecule has 1 aliphatic heterocycles. The van der Waals surface area contributed by atoms with Gasteiger partial charge in [-0.05, 0) is 13.3 Å². The van der Waals surface area contributed by atoms with Gasteiger partial charge in [-0.25, -0.2) is 4.79 Å². The smallest absolute Gasteiger partial charge is 0.409 e. The zero-order chi connectivity index (χ0) is 10.6. The molecular weight excluding hydrogens is 184 g/mol. The van der Waals surface area contributed by atoms with Crippen LogP contribution in [0.4, 0.5) is 4.79 Å². The molecule has 1 atom stereocenters. The van der Waals surface area contributed by atoms with Crippen LogP contribution in [-0.4, -0.2) is 42.6 Å². The highest BCUT2D eigenvalue weighted by Crippen LogP contribution is 2.10. The van der Waals surface area contributed by atoms with Crippen LogP contribution in [0.5, 0.6) is 0 Å². The van der Waals surface area contributed by atoms with Gasteiger partial charge in [-0.3, -0.25) is 4.79 Å². The number of nitrogens with zero attached hydrogens (tertiary/aromatic N) is 1. The maximum Gasteiger partial charge on any atom is 0.409 e. The Hall–Kier alpha value is -1.26. The van der Waals surface area contributed by atoms with Crippen LogP contribution in [0.2, 0.25) is 0 Å². The molecule has 0 aromatic carbocycles. The quantitative estimate of drug-likeness (QED) is 0.700. The van der Waals surface area contributed by atoms with E-state index in [0.717, 1.165) is 6.42 Å². The molecule has 1 rings (SSSR count). The van der Waals surface area contributed by atoms with Crippen molar-refractivity contribution >= 4 is 12.0 Å². The van der Waals surface area contributed by atoms with Crippen molar-refractivity contribution in [3.63, 3.8) is 0 Å². The van der Waals surface area contributed by atoms with Crippen molar-refractivity contribution in [2.24, 2.45) is 0 Å². The first-order valence-corrected chi connectivity index (χ1v) is 4.82. The molecule has 1 N–H and O–H groups in total. The first kappa shape index (κ1) is 10.8. The van der Waals surface area contributed by atoms with Gasteiger partial charge in [-0.15, -0.1) is 0 Å². The molecular formula is C9H16N2O3. The molecule has 0 aromatic rings. The Morgan fingerprint density at radius 3 is 2.86 bits per heavy atom. The molecule has 80 valence electrons. The highest BCUT2D eigenvalue weighted by Gasteiger charge is 2.27. The lowest BCUT2D eigenvalue weighted by atomic mass is 10.3. The van der Waals surface area contributed by atoms with Crippen molar-refractivity contribution in [3.8, 4) is 0 Å². The minimum absolute atomic E-state index is 0.0549. The van der Waals surface area contributed by atoms with Crippen molar-refractivity contribution in [1.29, 1.82) is 0 Å². The summed E-state index contributed by atoms with van der Waals surface area (Å²) < 4.78 is 4.85. The number of ether oxygens (including phenoxy) is 1. The maximum atomic E-state index is 11.3. The molecule has 0 spiro atoms. The van der Waals surface area contributed by atoms with Gasteiger partial charge in [0.2, 0.25) is 5.91 Å². The van der Waals surface area contributed by atoms with E-state index in [1.807, 2.05) is 0 Å². The Kier molecular flexibility index (Phi) is 3.73. The predicted molar refractivity (Wildman–Crippen MR) is 50.8 cm³/mol. The number of hydrogen-bond acceptors (Lipinski definition) is 3. The zero-order valence-electron chi connectivity index (χ0n) is 8.58. The highest BCUT2D eigenvalue weighted by atomic mass is 16.6. The second kappa shape index (κ2) is 4.83. The van der Waals surface area contributed by atoms with Crippen LogP contribution in [0.3, 0.4) is 0 Å². The molecule has 1 aliphatic rings. The van der Waals surface area contributed by atoms with E-state index in [4.69, 9.17) is 4.74 Å². The average Bonchev–Trinajstić information content (AvgIpc) is 2.52. The second-order valence-electron chi connectivity index (χ2n) is 3.33. The van der Waals surface area contributed by atoms with Gasteiger partial charge < -0.3 is 15.0 Å². The zero-order valence-corrected chi connectivity index (χ0v) is 8.58. The van der Waals surface area contributed by atoms with Crippen LogP contribution < -0.4 is 5.32 Å². The Labute approximate surface area is 83.4 Å². The molecule has 0 aliphatic carbocycles. The van der Waals surface area contributed by atoms with Crippen molar-refractivity contribution in [3.05, 3.63) is 0 Å². The number of likely N-dealkylation sites (tertiary alicyclic amines) is 1. The first-order valence-electron chi connectivity index (χ1n) is 4.82. The fraction of sp³-hybridized carbons (Fsp3) is 0.778. The topological polar surface area (TPSA) is 58.6 Å². The normalized spacial score (nSPS) is 20.7. The van der Waals surface area contributed by atoms with Gasteiger partial charge in [-0.2, -0.15) is 0 Å². The van der Waals surface area contributed by atoms with Gasteiger partial charge >= 0.3 is 6.09 Å². The summed E-state index contributed by atoms with van der Waals surface area (Å²) in [6, 6.07) is 0.0805. The summed E-state index contributed by atoms with van der Waals surface area (Å²) in [4.78, 5) is 23.6. The van der Waals surface area contributed by atoms with Gasteiger partial charge in [-0.1, -0.05) is 0 Å². The van der Waals surface area contributed by atoms with Crippen molar-refractivity contribution < 1.29 is 14.3 Å². The van der Waals surface area contributed by atoms with E-state index in [-0.39, 0.29) is 18.0 Å².